The van der Waals surface area contributed by atoms with Crippen molar-refractivity contribution in [3.8, 4) is 5.75 Å². The van der Waals surface area contributed by atoms with Crippen molar-refractivity contribution in [1.82, 2.24) is 10.2 Å². The van der Waals surface area contributed by atoms with Crippen LogP contribution in [0.25, 0.3) is 0 Å². The van der Waals surface area contributed by atoms with Gasteiger partial charge in [0, 0.05) is 18.8 Å². The maximum atomic E-state index is 12.7. The van der Waals surface area contributed by atoms with Gasteiger partial charge in [0.2, 0.25) is 5.91 Å². The van der Waals surface area contributed by atoms with Crippen LogP contribution in [-0.2, 0) is 4.79 Å². The van der Waals surface area contributed by atoms with Crippen molar-refractivity contribution in [2.45, 2.75) is 26.7 Å². The van der Waals surface area contributed by atoms with E-state index in [4.69, 9.17) is 4.74 Å². The quantitative estimate of drug-likeness (QED) is 0.926. The standard InChI is InChI=1S/C19H24N4O2/c1-14-4-9-17(22-21-14)23-12-10-19(2,11-13-23)18(24)20-15-5-7-16(25-3)8-6-15/h4-9H,10-13H2,1-3H3,(H,20,24). The van der Waals surface area contributed by atoms with E-state index in [1.54, 1.807) is 7.11 Å². The normalized spacial score (nSPS) is 16.4. The Morgan fingerprint density at radius 3 is 2.36 bits per heavy atom. The first-order valence-electron chi connectivity index (χ1n) is 8.51. The highest BCUT2D eigenvalue weighted by atomic mass is 16.5. The number of aryl methyl sites for hydroxylation is 1. The lowest BCUT2D eigenvalue weighted by atomic mass is 9.79. The minimum Gasteiger partial charge on any atom is -0.497 e. The molecule has 25 heavy (non-hydrogen) atoms. The maximum absolute atomic E-state index is 12.7. The Bertz CT molecular complexity index is 720. The van der Waals surface area contributed by atoms with Crippen LogP contribution in [0.4, 0.5) is 11.5 Å². The molecule has 0 atom stereocenters. The number of benzene rings is 1. The van der Waals surface area contributed by atoms with Crippen LogP contribution in [0.2, 0.25) is 0 Å². The summed E-state index contributed by atoms with van der Waals surface area (Å²) in [4.78, 5) is 14.9. The molecule has 0 radical (unpaired) electrons. The summed E-state index contributed by atoms with van der Waals surface area (Å²) >= 11 is 0. The number of methoxy groups -OCH3 is 1. The van der Waals surface area contributed by atoms with Gasteiger partial charge in [0.25, 0.3) is 0 Å². The van der Waals surface area contributed by atoms with Crippen molar-refractivity contribution in [2.75, 3.05) is 30.4 Å². The van der Waals surface area contributed by atoms with E-state index in [1.807, 2.05) is 50.2 Å². The predicted molar refractivity (Wildman–Crippen MR) is 97.9 cm³/mol. The number of carbonyl (C=O) groups is 1. The fourth-order valence-corrected chi connectivity index (χ4v) is 2.97. The highest BCUT2D eigenvalue weighted by Crippen LogP contribution is 2.33. The van der Waals surface area contributed by atoms with Gasteiger partial charge in [-0.3, -0.25) is 4.79 Å². The van der Waals surface area contributed by atoms with E-state index in [2.05, 4.69) is 20.4 Å². The number of anilines is 2. The molecule has 1 amide bonds. The van der Waals surface area contributed by atoms with Crippen LogP contribution >= 0.6 is 0 Å². The molecule has 2 aromatic rings. The first-order chi connectivity index (χ1) is 12.0. The number of nitrogens with one attached hydrogen (secondary N) is 1. The molecule has 0 unspecified atom stereocenters. The topological polar surface area (TPSA) is 67.3 Å². The second-order valence-corrected chi connectivity index (χ2v) is 6.76. The molecule has 0 bridgehead atoms. The SMILES string of the molecule is COc1ccc(NC(=O)C2(C)CCN(c3ccc(C)nn3)CC2)cc1. The van der Waals surface area contributed by atoms with Crippen molar-refractivity contribution in [3.05, 3.63) is 42.1 Å². The van der Waals surface area contributed by atoms with Gasteiger partial charge >= 0.3 is 0 Å². The number of amides is 1. The summed E-state index contributed by atoms with van der Waals surface area (Å²) < 4.78 is 5.14. The Morgan fingerprint density at radius 2 is 1.80 bits per heavy atom. The minimum absolute atomic E-state index is 0.0623. The van der Waals surface area contributed by atoms with Crippen molar-refractivity contribution in [3.63, 3.8) is 0 Å². The minimum atomic E-state index is -0.380. The molecule has 1 fully saturated rings. The van der Waals surface area contributed by atoms with Gasteiger partial charge in [0.15, 0.2) is 5.82 Å². The zero-order valence-electron chi connectivity index (χ0n) is 15.0. The summed E-state index contributed by atoms with van der Waals surface area (Å²) in [6.07, 6.45) is 1.56. The fraction of sp³-hybridized carbons (Fsp3) is 0.421. The molecule has 1 N–H and O–H groups in total. The van der Waals surface area contributed by atoms with E-state index in [9.17, 15) is 4.79 Å². The first-order valence-corrected chi connectivity index (χ1v) is 8.51. The average molecular weight is 340 g/mol. The lowest BCUT2D eigenvalue weighted by Crippen LogP contribution is -2.45. The third-order valence-electron chi connectivity index (χ3n) is 4.87. The summed E-state index contributed by atoms with van der Waals surface area (Å²) in [6, 6.07) is 11.4. The van der Waals surface area contributed by atoms with Gasteiger partial charge in [-0.25, -0.2) is 0 Å². The van der Waals surface area contributed by atoms with Gasteiger partial charge in [-0.2, -0.15) is 5.10 Å². The largest absolute Gasteiger partial charge is 0.497 e. The number of piperidine rings is 1. The van der Waals surface area contributed by atoms with Gasteiger partial charge in [-0.15, -0.1) is 5.10 Å². The number of hydrogen-bond donors (Lipinski definition) is 1. The maximum Gasteiger partial charge on any atom is 0.230 e. The summed E-state index contributed by atoms with van der Waals surface area (Å²) in [6.45, 7) is 5.55. The Balaban J connectivity index is 1.60. The van der Waals surface area contributed by atoms with E-state index in [0.29, 0.717) is 0 Å². The van der Waals surface area contributed by atoms with E-state index in [-0.39, 0.29) is 11.3 Å². The van der Waals surface area contributed by atoms with E-state index in [1.165, 1.54) is 0 Å². The molecular formula is C19H24N4O2. The van der Waals surface area contributed by atoms with Crippen molar-refractivity contribution >= 4 is 17.4 Å². The molecule has 0 saturated carbocycles. The van der Waals surface area contributed by atoms with Crippen LogP contribution < -0.4 is 15.0 Å². The Kier molecular flexibility index (Phi) is 4.88. The van der Waals surface area contributed by atoms with Gasteiger partial charge < -0.3 is 15.0 Å². The molecule has 1 aromatic carbocycles. The Labute approximate surface area is 148 Å². The molecule has 1 saturated heterocycles. The first kappa shape index (κ1) is 17.2. The van der Waals surface area contributed by atoms with Crippen molar-refractivity contribution in [1.29, 1.82) is 0 Å². The van der Waals surface area contributed by atoms with Crippen LogP contribution in [0, 0.1) is 12.3 Å². The predicted octanol–water partition coefficient (Wildman–Crippen LogP) is 3.04. The number of aromatic nitrogens is 2. The monoisotopic (exact) mass is 340 g/mol. The van der Waals surface area contributed by atoms with E-state index in [0.717, 1.165) is 48.9 Å². The van der Waals surface area contributed by atoms with Crippen LogP contribution in [-0.4, -0.2) is 36.3 Å². The second kappa shape index (κ2) is 7.09. The number of carbonyl (C=O) groups excluding carboxylic acids is 1. The Hall–Kier alpha value is -2.63. The highest BCUT2D eigenvalue weighted by molar-refractivity contribution is 5.95. The summed E-state index contributed by atoms with van der Waals surface area (Å²) in [5, 5.41) is 11.4. The lowest BCUT2D eigenvalue weighted by Gasteiger charge is -2.38. The summed E-state index contributed by atoms with van der Waals surface area (Å²) in [7, 11) is 1.63. The summed E-state index contributed by atoms with van der Waals surface area (Å²) in [5.41, 5.74) is 1.32. The van der Waals surface area contributed by atoms with Crippen LogP contribution in [0.1, 0.15) is 25.5 Å². The molecule has 0 spiro atoms. The average Bonchev–Trinajstić information content (AvgIpc) is 2.64. The third kappa shape index (κ3) is 3.90. The van der Waals surface area contributed by atoms with Crippen LogP contribution in [0.3, 0.4) is 0 Å². The van der Waals surface area contributed by atoms with Gasteiger partial charge in [-0.05, 0) is 56.2 Å². The van der Waals surface area contributed by atoms with Gasteiger partial charge in [-0.1, -0.05) is 6.92 Å². The molecule has 6 heteroatoms. The summed E-state index contributed by atoms with van der Waals surface area (Å²) in [5.74, 6) is 1.72. The number of nitrogens with zero attached hydrogens (tertiary/aromatic N) is 3. The molecule has 132 valence electrons. The van der Waals surface area contributed by atoms with Crippen molar-refractivity contribution in [2.24, 2.45) is 5.41 Å². The number of hydrogen-bond acceptors (Lipinski definition) is 5. The fourth-order valence-electron chi connectivity index (χ4n) is 2.97. The Morgan fingerprint density at radius 1 is 1.12 bits per heavy atom. The van der Waals surface area contributed by atoms with E-state index >= 15 is 0 Å². The zero-order chi connectivity index (χ0) is 17.9. The highest BCUT2D eigenvalue weighted by Gasteiger charge is 2.37. The smallest absolute Gasteiger partial charge is 0.230 e. The number of ether oxygens (including phenoxy) is 1. The molecule has 6 nitrogen and oxygen atoms in total. The van der Waals surface area contributed by atoms with Crippen molar-refractivity contribution < 1.29 is 9.53 Å². The van der Waals surface area contributed by atoms with E-state index < -0.39 is 0 Å². The molecule has 1 aromatic heterocycles. The molecule has 1 aliphatic rings. The second-order valence-electron chi connectivity index (χ2n) is 6.76. The van der Waals surface area contributed by atoms with Gasteiger partial charge in [0.1, 0.15) is 5.75 Å². The molecule has 2 heterocycles. The van der Waals surface area contributed by atoms with Crippen LogP contribution in [0.15, 0.2) is 36.4 Å². The number of rotatable bonds is 4. The molecule has 1 aliphatic heterocycles. The lowest BCUT2D eigenvalue weighted by molar-refractivity contribution is -0.125. The molecule has 0 aliphatic carbocycles. The molecule has 3 rings (SSSR count). The van der Waals surface area contributed by atoms with Crippen LogP contribution in [0.5, 0.6) is 5.75 Å². The third-order valence-corrected chi connectivity index (χ3v) is 4.87. The molecular weight excluding hydrogens is 316 g/mol. The zero-order valence-corrected chi connectivity index (χ0v) is 15.0. The van der Waals surface area contributed by atoms with Gasteiger partial charge in [0.05, 0.1) is 18.2 Å².